The van der Waals surface area contributed by atoms with E-state index in [1.165, 1.54) is 0 Å². The number of anilines is 3. The predicted molar refractivity (Wildman–Crippen MR) is 124 cm³/mol. The zero-order valence-corrected chi connectivity index (χ0v) is 18.0. The van der Waals surface area contributed by atoms with Crippen LogP contribution in [0.15, 0.2) is 55.0 Å². The Kier molecular flexibility index (Phi) is 5.44. The van der Waals surface area contributed by atoms with Crippen molar-refractivity contribution in [3.63, 3.8) is 0 Å². The van der Waals surface area contributed by atoms with Crippen molar-refractivity contribution in [1.82, 2.24) is 19.5 Å². The molecule has 0 amide bonds. The second-order valence-corrected chi connectivity index (χ2v) is 7.72. The average Bonchev–Trinajstić information content (AvgIpc) is 3.20. The molecule has 0 unspecified atom stereocenters. The Hall–Kier alpha value is -3.16. The summed E-state index contributed by atoms with van der Waals surface area (Å²) in [6.45, 7) is 6.19. The molecule has 0 saturated carbocycles. The summed E-state index contributed by atoms with van der Waals surface area (Å²) in [5.74, 6) is 0.550. The first kappa shape index (κ1) is 19.8. The molecule has 0 aliphatic carbocycles. The van der Waals surface area contributed by atoms with E-state index in [0.717, 1.165) is 66.4 Å². The second kappa shape index (κ2) is 8.53. The Labute approximate surface area is 185 Å². The van der Waals surface area contributed by atoms with Crippen LogP contribution < -0.4 is 10.2 Å². The third-order valence-corrected chi connectivity index (χ3v) is 5.77. The number of rotatable bonds is 5. The topological polar surface area (TPSA) is 68.1 Å². The maximum Gasteiger partial charge on any atom is 0.227 e. The van der Waals surface area contributed by atoms with E-state index in [-0.39, 0.29) is 0 Å². The number of ether oxygens (including phenoxy) is 1. The van der Waals surface area contributed by atoms with Crippen LogP contribution in [-0.4, -0.2) is 45.8 Å². The SMILES string of the molecule is CCn1cc(-c2ccnc(Nc3cccc(N4CCOCC4)c3)n2)c2ccnc(Cl)c21. The Morgan fingerprint density at radius 1 is 1.10 bits per heavy atom. The van der Waals surface area contributed by atoms with E-state index in [2.05, 4.69) is 50.0 Å². The molecule has 1 aliphatic rings. The van der Waals surface area contributed by atoms with Crippen LogP contribution in [-0.2, 0) is 11.3 Å². The van der Waals surface area contributed by atoms with Gasteiger partial charge in [0.2, 0.25) is 5.95 Å². The minimum Gasteiger partial charge on any atom is -0.378 e. The van der Waals surface area contributed by atoms with Crippen molar-refractivity contribution in [1.29, 1.82) is 0 Å². The largest absolute Gasteiger partial charge is 0.378 e. The number of hydrogen-bond acceptors (Lipinski definition) is 6. The molecule has 31 heavy (non-hydrogen) atoms. The van der Waals surface area contributed by atoms with Crippen LogP contribution >= 0.6 is 11.6 Å². The van der Waals surface area contributed by atoms with Crippen molar-refractivity contribution in [2.24, 2.45) is 0 Å². The van der Waals surface area contributed by atoms with Gasteiger partial charge in [0.05, 0.1) is 24.4 Å². The summed E-state index contributed by atoms with van der Waals surface area (Å²) in [7, 11) is 0. The fourth-order valence-electron chi connectivity index (χ4n) is 3.96. The van der Waals surface area contributed by atoms with Gasteiger partial charge in [0.15, 0.2) is 5.15 Å². The van der Waals surface area contributed by atoms with Gasteiger partial charge in [-0.2, -0.15) is 0 Å². The molecule has 4 heterocycles. The van der Waals surface area contributed by atoms with Crippen LogP contribution in [0.25, 0.3) is 22.2 Å². The van der Waals surface area contributed by atoms with Crippen molar-refractivity contribution >= 4 is 39.8 Å². The van der Waals surface area contributed by atoms with Crippen molar-refractivity contribution in [2.45, 2.75) is 13.5 Å². The van der Waals surface area contributed by atoms with E-state index in [9.17, 15) is 0 Å². The lowest BCUT2D eigenvalue weighted by Gasteiger charge is -2.29. The highest BCUT2D eigenvalue weighted by Crippen LogP contribution is 2.33. The van der Waals surface area contributed by atoms with Gasteiger partial charge in [-0.25, -0.2) is 15.0 Å². The summed E-state index contributed by atoms with van der Waals surface area (Å²) in [5, 5.41) is 4.88. The van der Waals surface area contributed by atoms with E-state index in [4.69, 9.17) is 21.3 Å². The maximum absolute atomic E-state index is 6.37. The lowest BCUT2D eigenvalue weighted by Crippen LogP contribution is -2.36. The molecule has 1 aliphatic heterocycles. The first-order chi connectivity index (χ1) is 15.2. The van der Waals surface area contributed by atoms with Gasteiger partial charge < -0.3 is 19.5 Å². The van der Waals surface area contributed by atoms with Gasteiger partial charge in [0.25, 0.3) is 0 Å². The van der Waals surface area contributed by atoms with Gasteiger partial charge in [0, 0.05) is 60.5 Å². The van der Waals surface area contributed by atoms with Crippen molar-refractivity contribution in [3.8, 4) is 11.3 Å². The van der Waals surface area contributed by atoms with Crippen LogP contribution in [0.2, 0.25) is 5.15 Å². The molecule has 8 heteroatoms. The number of aryl methyl sites for hydroxylation is 1. The summed E-state index contributed by atoms with van der Waals surface area (Å²) in [5.41, 5.74) is 4.88. The summed E-state index contributed by atoms with van der Waals surface area (Å²) in [6, 6.07) is 12.2. The quantitative estimate of drug-likeness (QED) is 0.457. The average molecular weight is 435 g/mol. The Balaban J connectivity index is 1.46. The van der Waals surface area contributed by atoms with Crippen LogP contribution in [0.3, 0.4) is 0 Å². The molecule has 0 atom stereocenters. The molecule has 7 nitrogen and oxygen atoms in total. The third kappa shape index (κ3) is 3.94. The number of nitrogens with zero attached hydrogens (tertiary/aromatic N) is 5. The Morgan fingerprint density at radius 2 is 1.94 bits per heavy atom. The van der Waals surface area contributed by atoms with Crippen molar-refractivity contribution < 1.29 is 4.74 Å². The number of morpholine rings is 1. The number of halogens is 1. The molecule has 3 aromatic heterocycles. The van der Waals surface area contributed by atoms with E-state index in [1.807, 2.05) is 24.3 Å². The highest BCUT2D eigenvalue weighted by molar-refractivity contribution is 6.34. The predicted octanol–water partition coefficient (Wildman–Crippen LogP) is 4.75. The third-order valence-electron chi connectivity index (χ3n) is 5.49. The van der Waals surface area contributed by atoms with E-state index in [1.54, 1.807) is 12.4 Å². The van der Waals surface area contributed by atoms with Crippen LogP contribution in [0.1, 0.15) is 6.92 Å². The van der Waals surface area contributed by atoms with E-state index >= 15 is 0 Å². The molecule has 1 saturated heterocycles. The van der Waals surface area contributed by atoms with Gasteiger partial charge >= 0.3 is 0 Å². The van der Waals surface area contributed by atoms with Crippen molar-refractivity contribution in [3.05, 3.63) is 60.1 Å². The zero-order valence-electron chi connectivity index (χ0n) is 17.3. The Bertz CT molecular complexity index is 1220. The molecule has 0 radical (unpaired) electrons. The van der Waals surface area contributed by atoms with Crippen LogP contribution in [0.5, 0.6) is 0 Å². The zero-order chi connectivity index (χ0) is 21.2. The number of hydrogen-bond donors (Lipinski definition) is 1. The first-order valence-electron chi connectivity index (χ1n) is 10.4. The number of benzene rings is 1. The number of aromatic nitrogens is 4. The molecular weight excluding hydrogens is 412 g/mol. The molecule has 1 N–H and O–H groups in total. The van der Waals surface area contributed by atoms with Gasteiger partial charge in [-0.1, -0.05) is 17.7 Å². The molecular formula is C23H23ClN6O. The summed E-state index contributed by atoms with van der Waals surface area (Å²) < 4.78 is 7.56. The highest BCUT2D eigenvalue weighted by atomic mass is 35.5. The van der Waals surface area contributed by atoms with Crippen LogP contribution in [0, 0.1) is 0 Å². The Morgan fingerprint density at radius 3 is 2.77 bits per heavy atom. The minimum absolute atomic E-state index is 0.498. The fourth-order valence-corrected chi connectivity index (χ4v) is 4.23. The molecule has 158 valence electrons. The number of fused-ring (bicyclic) bond motifs is 1. The standard InChI is InChI=1S/C23H23ClN6O/c1-2-29-15-19(18-6-8-25-22(24)21(18)29)20-7-9-26-23(28-20)27-16-4-3-5-17(14-16)30-10-12-31-13-11-30/h3-9,14-15H,2,10-13H2,1H3,(H,26,27,28). The van der Waals surface area contributed by atoms with E-state index in [0.29, 0.717) is 11.1 Å². The fraction of sp³-hybridized carbons (Fsp3) is 0.261. The molecule has 5 rings (SSSR count). The van der Waals surface area contributed by atoms with Gasteiger partial charge in [-0.3, -0.25) is 0 Å². The van der Waals surface area contributed by atoms with Gasteiger partial charge in [-0.05, 0) is 37.3 Å². The first-order valence-corrected chi connectivity index (χ1v) is 10.8. The lowest BCUT2D eigenvalue weighted by molar-refractivity contribution is 0.122. The summed E-state index contributed by atoms with van der Waals surface area (Å²) in [6.07, 6.45) is 5.57. The van der Waals surface area contributed by atoms with Crippen LogP contribution in [0.4, 0.5) is 17.3 Å². The summed E-state index contributed by atoms with van der Waals surface area (Å²) >= 11 is 6.37. The minimum atomic E-state index is 0.498. The summed E-state index contributed by atoms with van der Waals surface area (Å²) in [4.78, 5) is 15.8. The lowest BCUT2D eigenvalue weighted by atomic mass is 10.1. The molecule has 0 spiro atoms. The number of nitrogens with one attached hydrogen (secondary N) is 1. The number of pyridine rings is 1. The maximum atomic E-state index is 6.37. The van der Waals surface area contributed by atoms with Gasteiger partial charge in [-0.15, -0.1) is 0 Å². The highest BCUT2D eigenvalue weighted by Gasteiger charge is 2.15. The second-order valence-electron chi connectivity index (χ2n) is 7.37. The van der Waals surface area contributed by atoms with Gasteiger partial charge in [0.1, 0.15) is 0 Å². The smallest absolute Gasteiger partial charge is 0.227 e. The molecule has 1 aromatic carbocycles. The van der Waals surface area contributed by atoms with Crippen molar-refractivity contribution in [2.75, 3.05) is 36.5 Å². The molecule has 1 fully saturated rings. The van der Waals surface area contributed by atoms with E-state index < -0.39 is 0 Å². The molecule has 0 bridgehead atoms. The monoisotopic (exact) mass is 434 g/mol. The molecule has 4 aromatic rings. The normalized spacial score (nSPS) is 14.2.